The minimum atomic E-state index is -4.57. The third-order valence-electron chi connectivity index (χ3n) is 9.04. The predicted molar refractivity (Wildman–Crippen MR) is 170 cm³/mol. The molecule has 2 atom stereocenters. The van der Waals surface area contributed by atoms with Crippen molar-refractivity contribution in [2.75, 3.05) is 17.2 Å². The number of anilines is 2. The second-order valence-corrected chi connectivity index (χ2v) is 14.0. The van der Waals surface area contributed by atoms with Crippen LogP contribution in [0.2, 0.25) is 0 Å². The summed E-state index contributed by atoms with van der Waals surface area (Å²) in [5, 5.41) is 7.90. The van der Waals surface area contributed by atoms with E-state index >= 15 is 0 Å². The maximum atomic E-state index is 14.3. The number of aryl methyl sites for hydroxylation is 1. The van der Waals surface area contributed by atoms with Crippen molar-refractivity contribution in [2.45, 2.75) is 68.6 Å². The Bertz CT molecular complexity index is 1800. The second-order valence-electron chi connectivity index (χ2n) is 12.1. The van der Waals surface area contributed by atoms with Gasteiger partial charge in [-0.3, -0.25) is 4.79 Å². The molecule has 4 aromatic carbocycles. The highest BCUT2D eigenvalue weighted by Gasteiger charge is 2.43. The summed E-state index contributed by atoms with van der Waals surface area (Å²) in [5.74, 6) is -1.36. The Hall–Kier alpha value is -3.89. The highest BCUT2D eigenvalue weighted by atomic mass is 32.2. The number of amides is 1. The Morgan fingerprint density at radius 1 is 0.822 bits per heavy atom. The van der Waals surface area contributed by atoms with Crippen molar-refractivity contribution in [1.82, 2.24) is 4.31 Å². The van der Waals surface area contributed by atoms with E-state index in [4.69, 9.17) is 0 Å². The first-order chi connectivity index (χ1) is 21.5. The Morgan fingerprint density at radius 3 is 2.22 bits per heavy atom. The number of hydrogen-bond donors (Lipinski definition) is 2. The van der Waals surface area contributed by atoms with E-state index in [0.29, 0.717) is 24.4 Å². The van der Waals surface area contributed by atoms with Crippen LogP contribution < -0.4 is 10.6 Å². The van der Waals surface area contributed by atoms with Crippen LogP contribution in [0, 0.1) is 12.8 Å². The highest BCUT2D eigenvalue weighted by molar-refractivity contribution is 7.89. The summed E-state index contributed by atoms with van der Waals surface area (Å²) in [5.41, 5.74) is 0.811. The average Bonchev–Trinajstić information content (AvgIpc) is 3.54. The molecule has 2 fully saturated rings. The van der Waals surface area contributed by atoms with Crippen LogP contribution in [0.4, 0.5) is 24.5 Å². The van der Waals surface area contributed by atoms with Gasteiger partial charge >= 0.3 is 6.18 Å². The van der Waals surface area contributed by atoms with E-state index < -0.39 is 39.6 Å². The number of carbonyl (C=O) groups is 1. The second kappa shape index (κ2) is 12.5. The van der Waals surface area contributed by atoms with E-state index in [1.54, 1.807) is 18.2 Å². The number of nitrogens with zero attached hydrogens (tertiary/aromatic N) is 1. The van der Waals surface area contributed by atoms with Crippen molar-refractivity contribution < 1.29 is 26.4 Å². The van der Waals surface area contributed by atoms with Gasteiger partial charge in [-0.1, -0.05) is 61.4 Å². The van der Waals surface area contributed by atoms with E-state index in [9.17, 15) is 26.4 Å². The molecule has 6 rings (SSSR count). The molecule has 6 nitrogen and oxygen atoms in total. The molecule has 1 amide bonds. The third kappa shape index (κ3) is 6.58. The van der Waals surface area contributed by atoms with Gasteiger partial charge in [-0.05, 0) is 90.9 Å². The number of sulfonamides is 1. The maximum Gasteiger partial charge on any atom is 0.416 e. The van der Waals surface area contributed by atoms with Crippen molar-refractivity contribution in [1.29, 1.82) is 0 Å². The summed E-state index contributed by atoms with van der Waals surface area (Å²) < 4.78 is 70.8. The molecule has 1 saturated carbocycles. The lowest BCUT2D eigenvalue weighted by atomic mass is 9.85. The zero-order valence-corrected chi connectivity index (χ0v) is 25.8. The molecule has 1 aliphatic carbocycles. The number of fused-ring (bicyclic) bond motifs is 1. The topological polar surface area (TPSA) is 78.5 Å². The van der Waals surface area contributed by atoms with Crippen LogP contribution in [0.5, 0.6) is 0 Å². The van der Waals surface area contributed by atoms with Crippen LogP contribution in [0.1, 0.15) is 61.3 Å². The molecule has 10 heteroatoms. The van der Waals surface area contributed by atoms with Crippen LogP contribution in [0.3, 0.4) is 0 Å². The van der Waals surface area contributed by atoms with Crippen molar-refractivity contribution in [2.24, 2.45) is 5.92 Å². The molecule has 0 spiro atoms. The lowest BCUT2D eigenvalue weighted by molar-refractivity contribution is -0.138. The fourth-order valence-corrected chi connectivity index (χ4v) is 8.42. The molecule has 236 valence electrons. The van der Waals surface area contributed by atoms with Gasteiger partial charge in [0.05, 0.1) is 22.4 Å². The minimum Gasteiger partial charge on any atom is -0.382 e. The van der Waals surface area contributed by atoms with Crippen molar-refractivity contribution >= 4 is 38.1 Å². The van der Waals surface area contributed by atoms with Crippen molar-refractivity contribution in [3.63, 3.8) is 0 Å². The standard InChI is InChI=1S/C35H36F3N3O3S/c1-23-12-16-29(22-32(23)35(36,37)38)40-34(42)31-11-6-20-41(45(43,44)30-19-15-24-7-2-3-8-26(24)21-30)33(31)25-13-17-28(18-14-25)39-27-9-4-5-10-27/h2-3,7-8,12-19,21-22,27,31,33,39H,4-6,9-11,20H2,1H3,(H,40,42)/t31-,33-/m0/s1. The fraction of sp³-hybridized carbons (Fsp3) is 0.343. The number of halogens is 3. The van der Waals surface area contributed by atoms with E-state index in [1.807, 2.05) is 48.5 Å². The van der Waals surface area contributed by atoms with E-state index in [0.717, 1.165) is 35.4 Å². The number of piperidine rings is 1. The van der Waals surface area contributed by atoms with Crippen molar-refractivity contribution in [3.05, 3.63) is 102 Å². The third-order valence-corrected chi connectivity index (χ3v) is 10.9. The normalized spacial score (nSPS) is 19.9. The smallest absolute Gasteiger partial charge is 0.382 e. The molecule has 0 radical (unpaired) electrons. The average molecular weight is 636 g/mol. The van der Waals surface area contributed by atoms with Crippen LogP contribution in [-0.2, 0) is 21.0 Å². The fourth-order valence-electron chi connectivity index (χ4n) is 6.69. The first-order valence-electron chi connectivity index (χ1n) is 15.4. The Kier molecular flexibility index (Phi) is 8.63. The van der Waals surface area contributed by atoms with Gasteiger partial charge in [-0.15, -0.1) is 0 Å². The molecule has 45 heavy (non-hydrogen) atoms. The van der Waals surface area contributed by atoms with E-state index in [1.165, 1.54) is 36.2 Å². The Labute approximate surface area is 261 Å². The predicted octanol–water partition coefficient (Wildman–Crippen LogP) is 8.30. The van der Waals surface area contributed by atoms with Gasteiger partial charge in [0.25, 0.3) is 0 Å². The number of hydrogen-bond acceptors (Lipinski definition) is 4. The molecular weight excluding hydrogens is 599 g/mol. The quantitative estimate of drug-likeness (QED) is 0.214. The lowest BCUT2D eigenvalue weighted by Gasteiger charge is -2.40. The van der Waals surface area contributed by atoms with Crippen LogP contribution in [-0.4, -0.2) is 31.2 Å². The summed E-state index contributed by atoms with van der Waals surface area (Å²) >= 11 is 0. The van der Waals surface area contributed by atoms with Crippen LogP contribution in [0.15, 0.2) is 89.8 Å². The van der Waals surface area contributed by atoms with Gasteiger partial charge in [0.1, 0.15) is 0 Å². The molecule has 0 aromatic heterocycles. The molecule has 1 heterocycles. The first-order valence-corrected chi connectivity index (χ1v) is 16.8. The molecule has 2 aliphatic rings. The highest BCUT2D eigenvalue weighted by Crippen LogP contribution is 2.41. The van der Waals surface area contributed by atoms with Gasteiger partial charge in [0.15, 0.2) is 0 Å². The zero-order chi connectivity index (χ0) is 31.8. The van der Waals surface area contributed by atoms with Gasteiger partial charge in [-0.25, -0.2) is 8.42 Å². The van der Waals surface area contributed by atoms with E-state index in [-0.39, 0.29) is 22.7 Å². The van der Waals surface area contributed by atoms with Gasteiger partial charge in [0.2, 0.25) is 15.9 Å². The Balaban J connectivity index is 1.36. The van der Waals surface area contributed by atoms with Gasteiger partial charge < -0.3 is 10.6 Å². The summed E-state index contributed by atoms with van der Waals surface area (Å²) in [6.45, 7) is 1.57. The molecule has 0 unspecified atom stereocenters. The molecule has 1 aliphatic heterocycles. The summed E-state index contributed by atoms with van der Waals surface area (Å²) in [7, 11) is -4.06. The summed E-state index contributed by atoms with van der Waals surface area (Å²) in [6.07, 6.45) is 0.782. The molecule has 1 saturated heterocycles. The molecule has 4 aromatic rings. The molecular formula is C35H36F3N3O3S. The number of rotatable bonds is 7. The summed E-state index contributed by atoms with van der Waals surface area (Å²) in [6, 6.07) is 23.2. The Morgan fingerprint density at radius 2 is 1.51 bits per heavy atom. The lowest BCUT2D eigenvalue weighted by Crippen LogP contribution is -2.46. The minimum absolute atomic E-state index is 0.0160. The monoisotopic (exact) mass is 635 g/mol. The zero-order valence-electron chi connectivity index (χ0n) is 25.0. The number of carbonyl (C=O) groups excluding carboxylic acids is 1. The SMILES string of the molecule is Cc1ccc(NC(=O)[C@H]2CCCN(S(=O)(=O)c3ccc4ccccc4c3)[C@H]2c2ccc(NC3CCCC3)cc2)cc1C(F)(F)F. The van der Waals surface area contributed by atoms with E-state index in [2.05, 4.69) is 10.6 Å². The van der Waals surface area contributed by atoms with Crippen LogP contribution in [0.25, 0.3) is 10.8 Å². The largest absolute Gasteiger partial charge is 0.416 e. The molecule has 0 bridgehead atoms. The van der Waals surface area contributed by atoms with Gasteiger partial charge in [0, 0.05) is 24.0 Å². The maximum absolute atomic E-state index is 14.3. The van der Waals surface area contributed by atoms with Crippen LogP contribution >= 0.6 is 0 Å². The summed E-state index contributed by atoms with van der Waals surface area (Å²) in [4.78, 5) is 14.0. The molecule has 2 N–H and O–H groups in total. The number of nitrogens with one attached hydrogen (secondary N) is 2. The number of alkyl halides is 3. The first kappa shape index (κ1) is 31.1. The van der Waals surface area contributed by atoms with Crippen molar-refractivity contribution in [3.8, 4) is 0 Å². The number of benzene rings is 4. The van der Waals surface area contributed by atoms with Gasteiger partial charge in [-0.2, -0.15) is 17.5 Å².